The van der Waals surface area contributed by atoms with E-state index in [9.17, 15) is 0 Å². The molecule has 0 unspecified atom stereocenters. The third-order valence-electron chi connectivity index (χ3n) is 10.9. The predicted octanol–water partition coefficient (Wildman–Crippen LogP) is 14.6. The molecule has 11 rings (SSSR count). The minimum atomic E-state index is 0.709. The Morgan fingerprint density at radius 3 is 1.60 bits per heavy atom. The molecule has 0 bridgehead atoms. The van der Waals surface area contributed by atoms with Gasteiger partial charge in [0.1, 0.15) is 0 Å². The van der Waals surface area contributed by atoms with Gasteiger partial charge in [-0.2, -0.15) is 0 Å². The van der Waals surface area contributed by atoms with Crippen LogP contribution in [0.25, 0.3) is 109 Å². The summed E-state index contributed by atoms with van der Waals surface area (Å²) < 4.78 is 2.64. The van der Waals surface area contributed by atoms with Gasteiger partial charge in [-0.05, 0) is 78.8 Å². The molecule has 55 heavy (non-hydrogen) atoms. The Balaban J connectivity index is 1.12. The Hall–Kier alpha value is -6.94. The first kappa shape index (κ1) is 31.6. The average Bonchev–Trinajstić information content (AvgIpc) is 3.64. The van der Waals surface area contributed by atoms with Crippen molar-refractivity contribution in [1.29, 1.82) is 0 Å². The van der Waals surface area contributed by atoms with Crippen LogP contribution >= 0.6 is 11.3 Å². The standard InChI is InChI=1S/C52H32N2S/c1-3-12-33(13-4-1)34-22-24-35(25-23-34)47-32-48(54-52(53-47)36-14-5-2-6-15-36)45-20-11-19-43-39-16-7-8-17-40(39)46-30-37(27-29-44(46)51(43)45)38-26-28-42-41-18-9-10-21-49(41)55-50(42)31-38/h1-32H. The second-order valence-electron chi connectivity index (χ2n) is 14.1. The zero-order valence-electron chi connectivity index (χ0n) is 29.8. The third-order valence-corrected chi connectivity index (χ3v) is 12.0. The van der Waals surface area contributed by atoms with Crippen LogP contribution in [0.15, 0.2) is 194 Å². The van der Waals surface area contributed by atoms with Gasteiger partial charge in [-0.15, -0.1) is 11.3 Å². The first-order valence-corrected chi connectivity index (χ1v) is 19.5. The Morgan fingerprint density at radius 2 is 0.818 bits per heavy atom. The molecule has 0 aliphatic carbocycles. The number of aromatic nitrogens is 2. The average molecular weight is 717 g/mol. The molecule has 9 aromatic carbocycles. The highest BCUT2D eigenvalue weighted by atomic mass is 32.1. The predicted molar refractivity (Wildman–Crippen MR) is 235 cm³/mol. The molecule has 0 saturated carbocycles. The zero-order chi connectivity index (χ0) is 36.3. The quantitative estimate of drug-likeness (QED) is 0.166. The Kier molecular flexibility index (Phi) is 7.39. The highest BCUT2D eigenvalue weighted by molar-refractivity contribution is 7.25. The topological polar surface area (TPSA) is 25.8 Å². The van der Waals surface area contributed by atoms with Crippen LogP contribution in [-0.2, 0) is 0 Å². The molecular weight excluding hydrogens is 685 g/mol. The molecule has 2 aromatic heterocycles. The van der Waals surface area contributed by atoms with Crippen molar-refractivity contribution in [2.24, 2.45) is 0 Å². The van der Waals surface area contributed by atoms with E-state index in [1.54, 1.807) is 0 Å². The van der Waals surface area contributed by atoms with E-state index in [0.717, 1.165) is 28.1 Å². The summed E-state index contributed by atoms with van der Waals surface area (Å²) in [4.78, 5) is 10.5. The monoisotopic (exact) mass is 716 g/mol. The molecule has 0 fully saturated rings. The van der Waals surface area contributed by atoms with Gasteiger partial charge in [-0.3, -0.25) is 0 Å². The van der Waals surface area contributed by atoms with Gasteiger partial charge in [0, 0.05) is 36.9 Å². The van der Waals surface area contributed by atoms with Gasteiger partial charge in [-0.25, -0.2) is 9.97 Å². The Labute approximate surface area is 322 Å². The highest BCUT2D eigenvalue weighted by Crippen LogP contribution is 2.43. The van der Waals surface area contributed by atoms with Gasteiger partial charge < -0.3 is 0 Å². The largest absolute Gasteiger partial charge is 0.228 e. The lowest BCUT2D eigenvalue weighted by molar-refractivity contribution is 1.19. The van der Waals surface area contributed by atoms with Gasteiger partial charge in [-0.1, -0.05) is 170 Å². The third kappa shape index (κ3) is 5.40. The maximum atomic E-state index is 5.30. The van der Waals surface area contributed by atoms with E-state index in [1.165, 1.54) is 74.7 Å². The Morgan fingerprint density at radius 1 is 0.291 bits per heavy atom. The smallest absolute Gasteiger partial charge is 0.160 e. The molecule has 0 aliphatic heterocycles. The number of thiophene rings is 1. The second kappa shape index (κ2) is 12.9. The van der Waals surface area contributed by atoms with Crippen LogP contribution in [0.4, 0.5) is 0 Å². The lowest BCUT2D eigenvalue weighted by atomic mass is 9.89. The maximum Gasteiger partial charge on any atom is 0.160 e. The van der Waals surface area contributed by atoms with E-state index in [0.29, 0.717) is 5.82 Å². The summed E-state index contributed by atoms with van der Waals surface area (Å²) in [7, 11) is 0. The lowest BCUT2D eigenvalue weighted by Gasteiger charge is -2.16. The SMILES string of the molecule is c1ccc(-c2ccc(-c3cc(-c4cccc5c6ccccc6c6cc(-c7ccc8c(c7)sc7ccccc78)ccc6c45)nc(-c4ccccc4)n3)cc2)cc1. The fourth-order valence-electron chi connectivity index (χ4n) is 8.22. The van der Waals surface area contributed by atoms with E-state index in [4.69, 9.17) is 9.97 Å². The zero-order valence-corrected chi connectivity index (χ0v) is 30.6. The first-order chi connectivity index (χ1) is 27.2. The summed E-state index contributed by atoms with van der Waals surface area (Å²) in [5.41, 5.74) is 9.74. The molecule has 0 spiro atoms. The number of rotatable bonds is 5. The summed E-state index contributed by atoms with van der Waals surface area (Å²) >= 11 is 1.86. The summed E-state index contributed by atoms with van der Waals surface area (Å²) in [6.07, 6.45) is 0. The van der Waals surface area contributed by atoms with Crippen LogP contribution in [-0.4, -0.2) is 9.97 Å². The van der Waals surface area contributed by atoms with Crippen molar-refractivity contribution in [2.75, 3.05) is 0 Å². The van der Waals surface area contributed by atoms with E-state index in [-0.39, 0.29) is 0 Å². The lowest BCUT2D eigenvalue weighted by Crippen LogP contribution is -1.97. The van der Waals surface area contributed by atoms with E-state index >= 15 is 0 Å². The van der Waals surface area contributed by atoms with Crippen LogP contribution in [0.3, 0.4) is 0 Å². The van der Waals surface area contributed by atoms with E-state index < -0.39 is 0 Å². The van der Waals surface area contributed by atoms with Gasteiger partial charge in [0.25, 0.3) is 0 Å². The van der Waals surface area contributed by atoms with E-state index in [1.807, 2.05) is 29.5 Å². The van der Waals surface area contributed by atoms with Crippen molar-refractivity contribution < 1.29 is 0 Å². The molecule has 0 saturated heterocycles. The molecule has 0 atom stereocenters. The summed E-state index contributed by atoms with van der Waals surface area (Å²) in [6.45, 7) is 0. The van der Waals surface area contributed by atoms with Crippen molar-refractivity contribution >= 4 is 63.8 Å². The minimum Gasteiger partial charge on any atom is -0.228 e. The molecule has 2 nitrogen and oxygen atoms in total. The van der Waals surface area contributed by atoms with Crippen LogP contribution < -0.4 is 0 Å². The summed E-state index contributed by atoms with van der Waals surface area (Å²) in [6, 6.07) is 69.8. The molecule has 3 heteroatoms. The molecule has 0 amide bonds. The van der Waals surface area contributed by atoms with Crippen LogP contribution in [0.5, 0.6) is 0 Å². The number of fused-ring (bicyclic) bond motifs is 9. The van der Waals surface area contributed by atoms with Crippen molar-refractivity contribution in [3.05, 3.63) is 194 Å². The highest BCUT2D eigenvalue weighted by Gasteiger charge is 2.18. The molecule has 256 valence electrons. The molecule has 0 radical (unpaired) electrons. The van der Waals surface area contributed by atoms with Crippen LogP contribution in [0.1, 0.15) is 0 Å². The van der Waals surface area contributed by atoms with Gasteiger partial charge in [0.05, 0.1) is 11.4 Å². The Bertz CT molecular complexity index is 3240. The van der Waals surface area contributed by atoms with Crippen molar-refractivity contribution in [3.8, 4) is 56.2 Å². The normalized spacial score (nSPS) is 11.6. The molecular formula is C52H32N2S. The van der Waals surface area contributed by atoms with Gasteiger partial charge >= 0.3 is 0 Å². The molecule has 2 heterocycles. The number of hydrogen-bond acceptors (Lipinski definition) is 3. The maximum absolute atomic E-state index is 5.30. The van der Waals surface area contributed by atoms with Crippen LogP contribution in [0.2, 0.25) is 0 Å². The molecule has 0 aliphatic rings. The van der Waals surface area contributed by atoms with Crippen molar-refractivity contribution in [2.45, 2.75) is 0 Å². The number of benzene rings is 9. The van der Waals surface area contributed by atoms with Crippen LogP contribution in [0, 0.1) is 0 Å². The van der Waals surface area contributed by atoms with E-state index in [2.05, 4.69) is 176 Å². The fraction of sp³-hybridized carbons (Fsp3) is 0. The van der Waals surface area contributed by atoms with Crippen molar-refractivity contribution in [3.63, 3.8) is 0 Å². The van der Waals surface area contributed by atoms with Gasteiger partial charge in [0.2, 0.25) is 0 Å². The summed E-state index contributed by atoms with van der Waals surface area (Å²) in [5.74, 6) is 0.709. The first-order valence-electron chi connectivity index (χ1n) is 18.6. The molecule has 0 N–H and O–H groups in total. The van der Waals surface area contributed by atoms with Crippen molar-refractivity contribution in [1.82, 2.24) is 9.97 Å². The van der Waals surface area contributed by atoms with Gasteiger partial charge in [0.15, 0.2) is 5.82 Å². The number of hydrogen-bond donors (Lipinski definition) is 0. The number of nitrogens with zero attached hydrogens (tertiary/aromatic N) is 2. The fourth-order valence-corrected chi connectivity index (χ4v) is 9.36. The summed E-state index contributed by atoms with van der Waals surface area (Å²) in [5, 5.41) is 9.99. The second-order valence-corrected chi connectivity index (χ2v) is 15.2. The molecule has 11 aromatic rings. The minimum absolute atomic E-state index is 0.709.